The van der Waals surface area contributed by atoms with E-state index < -0.39 is 6.17 Å². The number of carbonyl (C=O) groups excluding carboxylic acids is 1. The topological polar surface area (TPSA) is 86.3 Å². The summed E-state index contributed by atoms with van der Waals surface area (Å²) < 4.78 is 15.1. The fourth-order valence-corrected chi connectivity index (χ4v) is 4.86. The molecule has 30 heavy (non-hydrogen) atoms. The van der Waals surface area contributed by atoms with E-state index in [-0.39, 0.29) is 23.5 Å². The molecule has 7 nitrogen and oxygen atoms in total. The summed E-state index contributed by atoms with van der Waals surface area (Å²) in [6.45, 7) is 7.18. The molecule has 1 saturated heterocycles. The number of carbonyl (C=O) groups is 1. The summed E-state index contributed by atoms with van der Waals surface area (Å²) in [7, 11) is 1.95. The number of nitrogens with zero attached hydrogens (tertiary/aromatic N) is 4. The van der Waals surface area contributed by atoms with Gasteiger partial charge in [0.25, 0.3) is 0 Å². The second-order valence-corrected chi connectivity index (χ2v) is 9.47. The predicted octanol–water partition coefficient (Wildman–Crippen LogP) is 2.35. The first-order chi connectivity index (χ1) is 14.3. The molecule has 0 aromatic carbocycles. The minimum absolute atomic E-state index is 0.246. The standard InChI is InChI=1S/C22H37FN6O/c1-15-4-6-17(7-5-15)12-28(3)22-20(23)21(26-14-27-22)25-10-18-8-9-29(11-16(18)2)13-19(24)30/h10,14-18,22H,4-9,11-13H2,1-3H3,(H2,24,30)(H,26,27)/b25-10-/t15?,16-,17?,18+,22?/m1/s1. The maximum atomic E-state index is 15.1. The number of rotatable bonds is 7. The molecule has 1 aliphatic carbocycles. The SMILES string of the molecule is CC1CCC(CN(C)C2N=CNC(/N=C\[C@@H]3CCN(CC(N)=O)C[C@H]3C)=C2F)CC1. The first kappa shape index (κ1) is 22.9. The lowest BCUT2D eigenvalue weighted by molar-refractivity contribution is -0.119. The average Bonchev–Trinajstić information content (AvgIpc) is 2.69. The number of amides is 1. The molecule has 8 heteroatoms. The molecule has 0 spiro atoms. The Morgan fingerprint density at radius 1 is 1.37 bits per heavy atom. The lowest BCUT2D eigenvalue weighted by atomic mass is 9.83. The molecule has 2 aliphatic heterocycles. The van der Waals surface area contributed by atoms with Crippen molar-refractivity contribution in [1.29, 1.82) is 0 Å². The third-order valence-corrected chi connectivity index (χ3v) is 6.80. The number of nitrogens with two attached hydrogens (primary N) is 1. The van der Waals surface area contributed by atoms with Gasteiger partial charge in [-0.05, 0) is 56.5 Å². The van der Waals surface area contributed by atoms with Gasteiger partial charge >= 0.3 is 0 Å². The predicted molar refractivity (Wildman–Crippen MR) is 119 cm³/mol. The van der Waals surface area contributed by atoms with Crippen molar-refractivity contribution >= 4 is 18.5 Å². The summed E-state index contributed by atoms with van der Waals surface area (Å²) in [5, 5.41) is 2.87. The van der Waals surface area contributed by atoms with Crippen LogP contribution in [-0.2, 0) is 4.79 Å². The van der Waals surface area contributed by atoms with Gasteiger partial charge in [-0.15, -0.1) is 0 Å². The summed E-state index contributed by atoms with van der Waals surface area (Å²) in [5.41, 5.74) is 5.30. The number of primary amides is 1. The maximum Gasteiger partial charge on any atom is 0.231 e. The van der Waals surface area contributed by atoms with Crippen molar-refractivity contribution in [3.63, 3.8) is 0 Å². The Balaban J connectivity index is 1.57. The molecule has 3 N–H and O–H groups in total. The molecule has 3 rings (SSSR count). The number of likely N-dealkylation sites (N-methyl/N-ethyl adjacent to an activating group) is 1. The van der Waals surface area contributed by atoms with E-state index in [4.69, 9.17) is 5.73 Å². The number of likely N-dealkylation sites (tertiary alicyclic amines) is 1. The van der Waals surface area contributed by atoms with Crippen LogP contribution < -0.4 is 11.1 Å². The van der Waals surface area contributed by atoms with Crippen LogP contribution in [0.25, 0.3) is 0 Å². The van der Waals surface area contributed by atoms with Crippen LogP contribution in [0.1, 0.15) is 46.0 Å². The van der Waals surface area contributed by atoms with Crippen LogP contribution in [0.15, 0.2) is 21.6 Å². The first-order valence-corrected chi connectivity index (χ1v) is 11.3. The Morgan fingerprint density at radius 2 is 2.10 bits per heavy atom. The Labute approximate surface area is 179 Å². The number of hydrogen-bond acceptors (Lipinski definition) is 6. The van der Waals surface area contributed by atoms with Crippen molar-refractivity contribution in [3.05, 3.63) is 11.6 Å². The van der Waals surface area contributed by atoms with Gasteiger partial charge in [-0.2, -0.15) is 0 Å². The van der Waals surface area contributed by atoms with Gasteiger partial charge in [0.1, 0.15) is 0 Å². The minimum atomic E-state index is -0.604. The zero-order chi connectivity index (χ0) is 21.7. The summed E-state index contributed by atoms with van der Waals surface area (Å²) in [6.07, 6.45) is 8.63. The summed E-state index contributed by atoms with van der Waals surface area (Å²) >= 11 is 0. The summed E-state index contributed by atoms with van der Waals surface area (Å²) in [4.78, 5) is 24.0. The van der Waals surface area contributed by atoms with Crippen molar-refractivity contribution in [1.82, 2.24) is 15.1 Å². The second-order valence-electron chi connectivity index (χ2n) is 9.47. The molecule has 3 atom stereocenters. The lowest BCUT2D eigenvalue weighted by Gasteiger charge is -2.34. The van der Waals surface area contributed by atoms with Gasteiger partial charge in [-0.3, -0.25) is 14.6 Å². The highest BCUT2D eigenvalue weighted by atomic mass is 19.1. The van der Waals surface area contributed by atoms with Crippen molar-refractivity contribution in [2.75, 3.05) is 33.2 Å². The smallest absolute Gasteiger partial charge is 0.231 e. The summed E-state index contributed by atoms with van der Waals surface area (Å²) in [5.74, 6) is 1.63. The van der Waals surface area contributed by atoms with Crippen LogP contribution in [0.4, 0.5) is 4.39 Å². The normalized spacial score (nSPS) is 33.3. The van der Waals surface area contributed by atoms with E-state index in [2.05, 4.69) is 34.0 Å². The van der Waals surface area contributed by atoms with Crippen LogP contribution >= 0.6 is 0 Å². The molecule has 2 heterocycles. The number of aliphatic imine (C=N–C) groups is 2. The maximum absolute atomic E-state index is 15.1. The highest BCUT2D eigenvalue weighted by Gasteiger charge is 2.29. The second kappa shape index (κ2) is 10.5. The number of nitrogens with one attached hydrogen (secondary N) is 1. The fraction of sp³-hybridized carbons (Fsp3) is 0.773. The van der Waals surface area contributed by atoms with Gasteiger partial charge in [0.05, 0.1) is 12.9 Å². The molecule has 0 aromatic heterocycles. The molecule has 3 aliphatic rings. The molecular formula is C22H37FN6O. The first-order valence-electron chi connectivity index (χ1n) is 11.3. The highest BCUT2D eigenvalue weighted by Crippen LogP contribution is 2.30. The van der Waals surface area contributed by atoms with Crippen LogP contribution in [-0.4, -0.2) is 67.7 Å². The van der Waals surface area contributed by atoms with Gasteiger partial charge < -0.3 is 11.1 Å². The zero-order valence-corrected chi connectivity index (χ0v) is 18.6. The van der Waals surface area contributed by atoms with E-state index in [0.29, 0.717) is 18.4 Å². The van der Waals surface area contributed by atoms with E-state index in [1.807, 2.05) is 18.2 Å². The van der Waals surface area contributed by atoms with Gasteiger partial charge in [-0.25, -0.2) is 14.4 Å². The van der Waals surface area contributed by atoms with Gasteiger partial charge in [-0.1, -0.05) is 26.7 Å². The Hall–Kier alpha value is -1.80. The molecule has 2 fully saturated rings. The highest BCUT2D eigenvalue weighted by molar-refractivity contribution is 5.76. The number of halogens is 1. The lowest BCUT2D eigenvalue weighted by Crippen LogP contribution is -2.43. The Bertz CT molecular complexity index is 685. The summed E-state index contributed by atoms with van der Waals surface area (Å²) in [6, 6.07) is 0. The van der Waals surface area contributed by atoms with Crippen molar-refractivity contribution in [2.24, 2.45) is 39.4 Å². The third-order valence-electron chi connectivity index (χ3n) is 6.80. The van der Waals surface area contributed by atoms with E-state index in [0.717, 1.165) is 32.0 Å². The molecule has 1 saturated carbocycles. The molecule has 1 amide bonds. The quantitative estimate of drug-likeness (QED) is 0.619. The van der Waals surface area contributed by atoms with Crippen LogP contribution in [0.3, 0.4) is 0 Å². The Morgan fingerprint density at radius 3 is 2.77 bits per heavy atom. The van der Waals surface area contributed by atoms with Gasteiger partial charge in [0, 0.05) is 19.3 Å². The Kier molecular flexibility index (Phi) is 7.99. The largest absolute Gasteiger partial charge is 0.369 e. The van der Waals surface area contributed by atoms with E-state index in [1.165, 1.54) is 25.7 Å². The minimum Gasteiger partial charge on any atom is -0.369 e. The third kappa shape index (κ3) is 6.11. The van der Waals surface area contributed by atoms with Crippen molar-refractivity contribution < 1.29 is 9.18 Å². The van der Waals surface area contributed by atoms with E-state index >= 15 is 4.39 Å². The zero-order valence-electron chi connectivity index (χ0n) is 18.6. The molecule has 168 valence electrons. The van der Waals surface area contributed by atoms with E-state index in [1.54, 1.807) is 6.34 Å². The van der Waals surface area contributed by atoms with Crippen molar-refractivity contribution in [3.8, 4) is 0 Å². The van der Waals surface area contributed by atoms with Crippen LogP contribution in [0.2, 0.25) is 0 Å². The van der Waals surface area contributed by atoms with Gasteiger partial charge in [0.2, 0.25) is 5.91 Å². The van der Waals surface area contributed by atoms with E-state index in [9.17, 15) is 4.79 Å². The van der Waals surface area contributed by atoms with Crippen LogP contribution in [0.5, 0.6) is 0 Å². The fourth-order valence-electron chi connectivity index (χ4n) is 4.86. The monoisotopic (exact) mass is 420 g/mol. The number of hydrogen-bond donors (Lipinski definition) is 2. The average molecular weight is 421 g/mol. The number of piperidine rings is 1. The van der Waals surface area contributed by atoms with Gasteiger partial charge in [0.15, 0.2) is 17.8 Å². The molecule has 0 aromatic rings. The molecule has 1 unspecified atom stereocenters. The molecular weight excluding hydrogens is 383 g/mol. The van der Waals surface area contributed by atoms with Crippen molar-refractivity contribution in [2.45, 2.75) is 52.1 Å². The molecule has 0 bridgehead atoms. The van der Waals surface area contributed by atoms with Crippen LogP contribution in [0, 0.1) is 23.7 Å². The molecule has 0 radical (unpaired) electrons.